The molecule has 0 aliphatic heterocycles. The largest absolute Gasteiger partial charge is 0.495 e. The van der Waals surface area contributed by atoms with Crippen LogP contribution in [0.3, 0.4) is 0 Å². The number of halogens is 1. The lowest BCUT2D eigenvalue weighted by Gasteiger charge is -2.39. The quantitative estimate of drug-likeness (QED) is 0.526. The molecule has 1 fully saturated rings. The van der Waals surface area contributed by atoms with Crippen LogP contribution in [-0.4, -0.2) is 45.1 Å². The Morgan fingerprint density at radius 3 is 2.55 bits per heavy atom. The van der Waals surface area contributed by atoms with E-state index in [-0.39, 0.29) is 17.1 Å². The van der Waals surface area contributed by atoms with Gasteiger partial charge in [0.1, 0.15) is 17.1 Å². The predicted molar refractivity (Wildman–Crippen MR) is 120 cm³/mol. The van der Waals surface area contributed by atoms with Crippen molar-refractivity contribution in [2.75, 3.05) is 7.11 Å². The lowest BCUT2D eigenvalue weighted by Crippen LogP contribution is -2.56. The monoisotopic (exact) mass is 453 g/mol. The summed E-state index contributed by atoms with van der Waals surface area (Å²) >= 11 is 0. The van der Waals surface area contributed by atoms with Crippen LogP contribution in [0.1, 0.15) is 47.3 Å². The number of fused-ring (bicyclic) bond motifs is 1. The fraction of sp³-hybridized carbons (Fsp3) is 0.292. The van der Waals surface area contributed by atoms with Crippen molar-refractivity contribution < 1.29 is 28.9 Å². The van der Waals surface area contributed by atoms with Crippen LogP contribution in [0.4, 0.5) is 4.39 Å². The van der Waals surface area contributed by atoms with Crippen molar-refractivity contribution in [3.63, 3.8) is 0 Å². The predicted octanol–water partition coefficient (Wildman–Crippen LogP) is 3.17. The summed E-state index contributed by atoms with van der Waals surface area (Å²) in [4.78, 5) is 24.5. The number of methoxy groups -OCH3 is 1. The summed E-state index contributed by atoms with van der Waals surface area (Å²) in [5, 5.41) is 25.5. The van der Waals surface area contributed by atoms with Crippen LogP contribution in [0.5, 0.6) is 5.75 Å². The minimum Gasteiger partial charge on any atom is -0.495 e. The first-order chi connectivity index (χ1) is 15.8. The van der Waals surface area contributed by atoms with Crippen molar-refractivity contribution in [3.8, 4) is 5.75 Å². The summed E-state index contributed by atoms with van der Waals surface area (Å²) in [5.74, 6) is -2.19. The topological polar surface area (TPSA) is 128 Å². The SMILES string of the molecule is COc1c(C(=O)O)ccc2c1c(/C=C/c1ccc(F)cc1)nn2C1(C(N)=O)CCCCC1O. The zero-order valence-electron chi connectivity index (χ0n) is 18.0. The van der Waals surface area contributed by atoms with Crippen LogP contribution < -0.4 is 10.5 Å². The Hall–Kier alpha value is -3.72. The van der Waals surface area contributed by atoms with Crippen molar-refractivity contribution in [3.05, 3.63) is 59.0 Å². The first-order valence-corrected chi connectivity index (χ1v) is 10.5. The van der Waals surface area contributed by atoms with Crippen LogP contribution in [0.2, 0.25) is 0 Å². The van der Waals surface area contributed by atoms with Crippen LogP contribution in [0, 0.1) is 5.82 Å². The molecule has 2 aromatic carbocycles. The second-order valence-electron chi connectivity index (χ2n) is 8.08. The number of aliphatic hydroxyl groups excluding tert-OH is 1. The number of ether oxygens (including phenoxy) is 1. The number of hydrogen-bond acceptors (Lipinski definition) is 5. The second kappa shape index (κ2) is 8.67. The highest BCUT2D eigenvalue weighted by Crippen LogP contribution is 2.41. The van der Waals surface area contributed by atoms with Crippen molar-refractivity contribution in [2.45, 2.75) is 37.3 Å². The van der Waals surface area contributed by atoms with Gasteiger partial charge in [-0.25, -0.2) is 13.9 Å². The molecule has 1 heterocycles. The molecule has 33 heavy (non-hydrogen) atoms. The fourth-order valence-corrected chi connectivity index (χ4v) is 4.53. The minimum absolute atomic E-state index is 0.0710. The second-order valence-corrected chi connectivity index (χ2v) is 8.08. The number of primary amides is 1. The Balaban J connectivity index is 2.00. The number of carboxylic acids is 1. The highest BCUT2D eigenvalue weighted by molar-refractivity contribution is 6.03. The van der Waals surface area contributed by atoms with E-state index in [1.54, 1.807) is 24.3 Å². The zero-order chi connectivity index (χ0) is 23.8. The number of carbonyl (C=O) groups is 2. The maximum atomic E-state index is 13.3. The molecule has 4 N–H and O–H groups in total. The number of aromatic carboxylic acids is 1. The summed E-state index contributed by atoms with van der Waals surface area (Å²) in [5.41, 5.74) is 5.69. The minimum atomic E-state index is -1.48. The molecule has 1 amide bonds. The van der Waals surface area contributed by atoms with Gasteiger partial charge in [0, 0.05) is 0 Å². The first-order valence-electron chi connectivity index (χ1n) is 10.5. The smallest absolute Gasteiger partial charge is 0.339 e. The lowest BCUT2D eigenvalue weighted by molar-refractivity contribution is -0.136. The number of aromatic nitrogens is 2. The molecular formula is C24H24FN3O5. The molecule has 9 heteroatoms. The lowest BCUT2D eigenvalue weighted by atomic mass is 9.78. The van der Waals surface area contributed by atoms with Gasteiger partial charge in [-0.15, -0.1) is 0 Å². The van der Waals surface area contributed by atoms with Gasteiger partial charge in [-0.2, -0.15) is 5.10 Å². The molecule has 3 aromatic rings. The maximum absolute atomic E-state index is 13.3. The van der Waals surface area contributed by atoms with E-state index in [9.17, 15) is 24.2 Å². The molecule has 1 saturated carbocycles. The average Bonchev–Trinajstić information content (AvgIpc) is 3.17. The Bertz CT molecular complexity index is 1250. The molecule has 0 spiro atoms. The number of aliphatic hydroxyl groups is 1. The molecule has 0 saturated heterocycles. The molecule has 1 aromatic heterocycles. The summed E-state index contributed by atoms with van der Waals surface area (Å²) in [7, 11) is 1.35. The van der Waals surface area contributed by atoms with Gasteiger partial charge in [0.15, 0.2) is 5.54 Å². The van der Waals surface area contributed by atoms with Gasteiger partial charge in [0.2, 0.25) is 5.91 Å². The standard InChI is InChI=1S/C24H24FN3O5/c1-33-21-16(22(30)31)10-12-18-20(21)17(11-7-14-5-8-15(25)9-6-14)27-28(18)24(23(26)32)13-3-2-4-19(24)29/h5-12,19,29H,2-4,13H2,1H3,(H2,26,32)(H,30,31)/b11-7+. The van der Waals surface area contributed by atoms with E-state index >= 15 is 0 Å². The molecule has 2 unspecified atom stereocenters. The highest BCUT2D eigenvalue weighted by atomic mass is 19.1. The Kier molecular flexibility index (Phi) is 5.90. The third kappa shape index (κ3) is 3.74. The van der Waals surface area contributed by atoms with Gasteiger partial charge in [0.25, 0.3) is 0 Å². The number of hydrogen-bond donors (Lipinski definition) is 3. The van der Waals surface area contributed by atoms with E-state index in [2.05, 4.69) is 5.10 Å². The van der Waals surface area contributed by atoms with E-state index in [4.69, 9.17) is 10.5 Å². The molecule has 172 valence electrons. The molecule has 1 aliphatic rings. The third-order valence-corrected chi connectivity index (χ3v) is 6.21. The van der Waals surface area contributed by atoms with Gasteiger partial charge in [-0.1, -0.05) is 31.1 Å². The normalized spacial score (nSPS) is 20.9. The zero-order valence-corrected chi connectivity index (χ0v) is 18.0. The number of benzene rings is 2. The molecular weight excluding hydrogens is 429 g/mol. The third-order valence-electron chi connectivity index (χ3n) is 6.21. The molecule has 2 atom stereocenters. The highest BCUT2D eigenvalue weighted by Gasteiger charge is 2.49. The number of nitrogens with two attached hydrogens (primary N) is 1. The Morgan fingerprint density at radius 1 is 1.21 bits per heavy atom. The van der Waals surface area contributed by atoms with E-state index in [0.717, 1.165) is 6.42 Å². The average molecular weight is 453 g/mol. The Labute approximate surface area is 189 Å². The summed E-state index contributed by atoms with van der Waals surface area (Å²) < 4.78 is 20.1. The van der Waals surface area contributed by atoms with E-state index in [1.165, 1.54) is 36.1 Å². The van der Waals surface area contributed by atoms with Gasteiger partial charge >= 0.3 is 5.97 Å². The van der Waals surface area contributed by atoms with Crippen LogP contribution in [0.15, 0.2) is 36.4 Å². The molecule has 0 bridgehead atoms. The maximum Gasteiger partial charge on any atom is 0.339 e. The van der Waals surface area contributed by atoms with Crippen LogP contribution >= 0.6 is 0 Å². The van der Waals surface area contributed by atoms with Gasteiger partial charge in [-0.05, 0) is 48.7 Å². The summed E-state index contributed by atoms with van der Waals surface area (Å²) in [6, 6.07) is 8.72. The molecule has 1 aliphatic carbocycles. The number of carbonyl (C=O) groups excluding carboxylic acids is 1. The van der Waals surface area contributed by atoms with Crippen molar-refractivity contribution in [1.82, 2.24) is 9.78 Å². The van der Waals surface area contributed by atoms with Crippen molar-refractivity contribution >= 4 is 34.9 Å². The van der Waals surface area contributed by atoms with Gasteiger partial charge in [0.05, 0.1) is 29.8 Å². The fourth-order valence-electron chi connectivity index (χ4n) is 4.53. The first kappa shape index (κ1) is 22.5. The number of nitrogens with zero attached hydrogens (tertiary/aromatic N) is 2. The van der Waals surface area contributed by atoms with Crippen molar-refractivity contribution in [1.29, 1.82) is 0 Å². The molecule has 4 rings (SSSR count). The van der Waals surface area contributed by atoms with Gasteiger partial charge < -0.3 is 20.7 Å². The van der Waals surface area contributed by atoms with Crippen molar-refractivity contribution in [2.24, 2.45) is 5.73 Å². The summed E-state index contributed by atoms with van der Waals surface area (Å²) in [6.45, 7) is 0. The van der Waals surface area contributed by atoms with Crippen LogP contribution in [-0.2, 0) is 10.3 Å². The van der Waals surface area contributed by atoms with E-state index < -0.39 is 23.5 Å². The molecule has 8 nitrogen and oxygen atoms in total. The van der Waals surface area contributed by atoms with E-state index in [1.807, 2.05) is 0 Å². The van der Waals surface area contributed by atoms with Crippen LogP contribution in [0.25, 0.3) is 23.1 Å². The molecule has 0 radical (unpaired) electrons. The summed E-state index contributed by atoms with van der Waals surface area (Å²) in [6.07, 6.45) is 4.37. The number of rotatable bonds is 6. The Morgan fingerprint density at radius 2 is 1.94 bits per heavy atom. The van der Waals surface area contributed by atoms with E-state index in [0.29, 0.717) is 41.4 Å². The number of carboxylic acid groups (broad SMARTS) is 1. The number of amides is 1. The van der Waals surface area contributed by atoms with Gasteiger partial charge in [-0.3, -0.25) is 4.79 Å².